The van der Waals surface area contributed by atoms with Crippen LogP contribution in [0.5, 0.6) is 0 Å². The van der Waals surface area contributed by atoms with E-state index in [1.165, 1.54) is 70.6 Å². The van der Waals surface area contributed by atoms with E-state index in [9.17, 15) is 0 Å². The molecule has 0 saturated heterocycles. The molecule has 0 aliphatic rings. The van der Waals surface area contributed by atoms with Crippen molar-refractivity contribution in [2.75, 3.05) is 0 Å². The number of rotatable bonds is 12. The van der Waals surface area contributed by atoms with E-state index in [2.05, 4.69) is 25.7 Å². The van der Waals surface area contributed by atoms with Crippen molar-refractivity contribution in [2.45, 2.75) is 89.9 Å². The first kappa shape index (κ1) is 17.6. The van der Waals surface area contributed by atoms with Gasteiger partial charge in [0.25, 0.3) is 0 Å². The van der Waals surface area contributed by atoms with E-state index in [-0.39, 0.29) is 0 Å². The molecule has 0 nitrogen and oxygen atoms in total. The van der Waals surface area contributed by atoms with Crippen LogP contribution in [0.25, 0.3) is 0 Å². The van der Waals surface area contributed by atoms with Crippen LogP contribution in [-0.4, -0.2) is 0 Å². The average molecular weight is 248 g/mol. The van der Waals surface area contributed by atoms with Crippen molar-refractivity contribution in [3.63, 3.8) is 0 Å². The summed E-state index contributed by atoms with van der Waals surface area (Å²) < 4.78 is 0. The molecule has 0 fully saturated rings. The summed E-state index contributed by atoms with van der Waals surface area (Å²) in [4.78, 5) is 0. The predicted molar refractivity (Wildman–Crippen MR) is 83.1 cm³/mol. The third-order valence-corrected chi connectivity index (χ3v) is 3.30. The lowest BCUT2D eigenvalue weighted by molar-refractivity contribution is 0.548. The van der Waals surface area contributed by atoms with Crippen molar-refractivity contribution in [3.8, 4) is 11.8 Å². The summed E-state index contributed by atoms with van der Waals surface area (Å²) in [5.41, 5.74) is 0. The second-order valence-electron chi connectivity index (χ2n) is 5.10. The van der Waals surface area contributed by atoms with Crippen molar-refractivity contribution in [1.29, 1.82) is 0 Å². The minimum absolute atomic E-state index is 0.759. The lowest BCUT2D eigenvalue weighted by atomic mass is 10.0. The highest BCUT2D eigenvalue weighted by atomic mass is 14.0. The summed E-state index contributed by atoms with van der Waals surface area (Å²) in [6, 6.07) is 0. The topological polar surface area (TPSA) is 0 Å². The molecule has 0 bridgehead atoms. The molecule has 0 aliphatic heterocycles. The highest BCUT2D eigenvalue weighted by molar-refractivity contribution is 4.98. The second-order valence-corrected chi connectivity index (χ2v) is 5.10. The van der Waals surface area contributed by atoms with Crippen LogP contribution in [-0.2, 0) is 0 Å². The number of unbranched alkanes of at least 4 members (excludes halogenated alkanes) is 12. The fraction of sp³-hybridized carbons (Fsp3) is 0.778. The zero-order valence-electron chi connectivity index (χ0n) is 12.3. The molecule has 0 heteroatoms. The van der Waals surface area contributed by atoms with Crippen LogP contribution in [0.2, 0.25) is 0 Å². The largest absolute Gasteiger partial charge is 0.103 e. The van der Waals surface area contributed by atoms with Gasteiger partial charge in [-0.15, -0.1) is 11.8 Å². The van der Waals surface area contributed by atoms with Crippen LogP contribution in [0, 0.1) is 25.7 Å². The highest BCUT2D eigenvalue weighted by Gasteiger charge is 1.92. The lowest BCUT2D eigenvalue weighted by Gasteiger charge is -2.01. The Bertz CT molecular complexity index is 194. The molecule has 0 aliphatic carbocycles. The van der Waals surface area contributed by atoms with E-state index in [0.717, 1.165) is 19.3 Å². The van der Waals surface area contributed by atoms with Gasteiger partial charge < -0.3 is 0 Å². The molecule has 18 heavy (non-hydrogen) atoms. The Hall–Kier alpha value is -0.440. The average Bonchev–Trinajstić information content (AvgIpc) is 2.39. The molecule has 0 spiro atoms. The Labute approximate surface area is 116 Å². The summed E-state index contributed by atoms with van der Waals surface area (Å²) in [7, 11) is 0. The molecule has 104 valence electrons. The minimum Gasteiger partial charge on any atom is -0.103 e. The zero-order chi connectivity index (χ0) is 13.3. The molecule has 0 amide bonds. The molecule has 0 N–H and O–H groups in total. The van der Waals surface area contributed by atoms with Crippen molar-refractivity contribution < 1.29 is 0 Å². The Balaban J connectivity index is 2.94. The van der Waals surface area contributed by atoms with Crippen LogP contribution in [0.15, 0.2) is 0 Å². The smallest absolute Gasteiger partial charge is 0.00890 e. The van der Waals surface area contributed by atoms with Crippen molar-refractivity contribution in [3.05, 3.63) is 13.8 Å². The minimum atomic E-state index is 0.759. The van der Waals surface area contributed by atoms with Crippen molar-refractivity contribution in [1.82, 2.24) is 0 Å². The SMILES string of the molecule is [CH2]CC#CCCCCCCCCCCCCC[CH2]. The summed E-state index contributed by atoms with van der Waals surface area (Å²) in [6.45, 7) is 7.58. The fourth-order valence-corrected chi connectivity index (χ4v) is 2.16. The molecular weight excluding hydrogens is 216 g/mol. The van der Waals surface area contributed by atoms with Crippen LogP contribution in [0.4, 0.5) is 0 Å². The second kappa shape index (κ2) is 16.6. The third kappa shape index (κ3) is 15.6. The fourth-order valence-electron chi connectivity index (χ4n) is 2.16. The first-order valence-corrected chi connectivity index (χ1v) is 7.96. The quantitative estimate of drug-likeness (QED) is 0.288. The number of hydrogen-bond donors (Lipinski definition) is 0. The maximum Gasteiger partial charge on any atom is 0.00890 e. The van der Waals surface area contributed by atoms with Gasteiger partial charge in [0.15, 0.2) is 0 Å². The Morgan fingerprint density at radius 1 is 0.500 bits per heavy atom. The molecule has 0 aromatic heterocycles. The van der Waals surface area contributed by atoms with Crippen molar-refractivity contribution >= 4 is 0 Å². The van der Waals surface area contributed by atoms with Crippen LogP contribution in [0.3, 0.4) is 0 Å². The van der Waals surface area contributed by atoms with Gasteiger partial charge in [-0.1, -0.05) is 77.6 Å². The Morgan fingerprint density at radius 2 is 0.944 bits per heavy atom. The maximum atomic E-state index is 3.87. The number of hydrogen-bond acceptors (Lipinski definition) is 0. The van der Waals surface area contributed by atoms with E-state index in [4.69, 9.17) is 0 Å². The summed E-state index contributed by atoms with van der Waals surface area (Å²) >= 11 is 0. The summed E-state index contributed by atoms with van der Waals surface area (Å²) in [5.74, 6) is 6.18. The van der Waals surface area contributed by atoms with Gasteiger partial charge >= 0.3 is 0 Å². The Morgan fingerprint density at radius 3 is 1.39 bits per heavy atom. The van der Waals surface area contributed by atoms with E-state index in [1.54, 1.807) is 0 Å². The molecule has 2 radical (unpaired) electrons. The van der Waals surface area contributed by atoms with Gasteiger partial charge in [0.1, 0.15) is 0 Å². The molecule has 0 rings (SSSR count). The standard InChI is InChI=1S/C18H32/c1-3-5-7-9-11-13-15-17-18-16-14-12-10-8-6-4-2/h1-5,7,9-18H2. The van der Waals surface area contributed by atoms with E-state index in [0.29, 0.717) is 0 Å². The highest BCUT2D eigenvalue weighted by Crippen LogP contribution is 2.12. The maximum absolute atomic E-state index is 3.87. The lowest BCUT2D eigenvalue weighted by Crippen LogP contribution is -1.82. The summed E-state index contributed by atoms with van der Waals surface area (Å²) in [6.07, 6.45) is 18.2. The molecular formula is C18H32. The first-order chi connectivity index (χ1) is 8.91. The van der Waals surface area contributed by atoms with Gasteiger partial charge in [0.2, 0.25) is 0 Å². The first-order valence-electron chi connectivity index (χ1n) is 7.96. The van der Waals surface area contributed by atoms with Gasteiger partial charge in [-0.2, -0.15) is 0 Å². The van der Waals surface area contributed by atoms with Crippen LogP contribution < -0.4 is 0 Å². The monoisotopic (exact) mass is 248 g/mol. The van der Waals surface area contributed by atoms with Crippen molar-refractivity contribution in [2.24, 2.45) is 0 Å². The molecule has 0 aromatic rings. The Kier molecular flexibility index (Phi) is 16.2. The molecule has 0 saturated carbocycles. The predicted octanol–water partition coefficient (Wildman–Crippen LogP) is 6.12. The van der Waals surface area contributed by atoms with Crippen LogP contribution >= 0.6 is 0 Å². The van der Waals surface area contributed by atoms with E-state index < -0.39 is 0 Å². The van der Waals surface area contributed by atoms with Crippen LogP contribution in [0.1, 0.15) is 89.9 Å². The molecule has 0 heterocycles. The molecule has 0 atom stereocenters. The van der Waals surface area contributed by atoms with Gasteiger partial charge in [0.05, 0.1) is 0 Å². The normalized spacial score (nSPS) is 10.1. The summed E-state index contributed by atoms with van der Waals surface area (Å²) in [5, 5.41) is 0. The zero-order valence-corrected chi connectivity index (χ0v) is 12.3. The van der Waals surface area contributed by atoms with Gasteiger partial charge in [-0.05, 0) is 13.3 Å². The van der Waals surface area contributed by atoms with Gasteiger partial charge in [0, 0.05) is 12.8 Å². The van der Waals surface area contributed by atoms with E-state index in [1.807, 2.05) is 0 Å². The third-order valence-electron chi connectivity index (χ3n) is 3.30. The van der Waals surface area contributed by atoms with Gasteiger partial charge in [-0.3, -0.25) is 0 Å². The van der Waals surface area contributed by atoms with E-state index >= 15 is 0 Å². The molecule has 0 unspecified atom stereocenters. The van der Waals surface area contributed by atoms with Gasteiger partial charge in [-0.25, -0.2) is 0 Å². The molecule has 0 aromatic carbocycles.